The lowest BCUT2D eigenvalue weighted by Gasteiger charge is -2.19. The first-order chi connectivity index (χ1) is 14.0. The van der Waals surface area contributed by atoms with Gasteiger partial charge in [-0.2, -0.15) is 0 Å². The fourth-order valence-electron chi connectivity index (χ4n) is 3.58. The molecule has 1 aromatic heterocycles. The Labute approximate surface area is 172 Å². The second-order valence-corrected chi connectivity index (χ2v) is 7.72. The Bertz CT molecular complexity index is 939. The van der Waals surface area contributed by atoms with Gasteiger partial charge < -0.3 is 19.8 Å². The van der Waals surface area contributed by atoms with Gasteiger partial charge in [0.2, 0.25) is 5.91 Å². The summed E-state index contributed by atoms with van der Waals surface area (Å²) in [6, 6.07) is 14.0. The van der Waals surface area contributed by atoms with E-state index in [2.05, 4.69) is 30.2 Å². The molecular formula is C24H30N2O3. The molecule has 154 valence electrons. The Balaban J connectivity index is 1.97. The van der Waals surface area contributed by atoms with Crippen molar-refractivity contribution in [1.29, 1.82) is 0 Å². The van der Waals surface area contributed by atoms with Crippen LogP contribution < -0.4 is 14.8 Å². The fraction of sp³-hybridized carbons (Fsp3) is 0.375. The smallest absolute Gasteiger partial charge is 0.220 e. The molecule has 0 spiro atoms. The maximum Gasteiger partial charge on any atom is 0.220 e. The standard InChI is InChI=1S/C24H30N2O3/c1-16(2)9-10-25-24(27)14-21(17-11-18(28-3)13-19(12-17)29-4)22-15-26-23-8-6-5-7-20(22)23/h5-8,11-13,15-16,21,26H,9-10,14H2,1-4H3,(H,25,27). The number of ether oxygens (including phenoxy) is 2. The van der Waals surface area contributed by atoms with E-state index in [1.54, 1.807) is 14.2 Å². The average molecular weight is 395 g/mol. The normalized spacial score (nSPS) is 12.2. The highest BCUT2D eigenvalue weighted by Crippen LogP contribution is 2.36. The Hall–Kier alpha value is -2.95. The van der Waals surface area contributed by atoms with Crippen LogP contribution in [0.25, 0.3) is 10.9 Å². The molecule has 1 heterocycles. The second kappa shape index (κ2) is 9.50. The predicted octanol–water partition coefficient (Wildman–Crippen LogP) is 4.87. The summed E-state index contributed by atoms with van der Waals surface area (Å²) in [7, 11) is 3.27. The van der Waals surface area contributed by atoms with E-state index in [4.69, 9.17) is 9.47 Å². The summed E-state index contributed by atoms with van der Waals surface area (Å²) in [6.07, 6.45) is 3.33. The van der Waals surface area contributed by atoms with Crippen molar-refractivity contribution < 1.29 is 14.3 Å². The molecule has 5 nitrogen and oxygen atoms in total. The van der Waals surface area contributed by atoms with Crippen LogP contribution in [-0.2, 0) is 4.79 Å². The first-order valence-corrected chi connectivity index (χ1v) is 10.1. The Morgan fingerprint density at radius 3 is 2.41 bits per heavy atom. The number of para-hydroxylation sites is 1. The lowest BCUT2D eigenvalue weighted by Crippen LogP contribution is -2.27. The van der Waals surface area contributed by atoms with E-state index in [0.717, 1.165) is 28.5 Å². The van der Waals surface area contributed by atoms with Crippen molar-refractivity contribution in [3.63, 3.8) is 0 Å². The second-order valence-electron chi connectivity index (χ2n) is 7.72. The van der Waals surface area contributed by atoms with Crippen LogP contribution in [0.2, 0.25) is 0 Å². The number of H-pyrrole nitrogens is 1. The number of carbonyl (C=O) groups is 1. The zero-order chi connectivity index (χ0) is 20.8. The highest BCUT2D eigenvalue weighted by atomic mass is 16.5. The van der Waals surface area contributed by atoms with Crippen LogP contribution in [-0.4, -0.2) is 31.7 Å². The number of nitrogens with one attached hydrogen (secondary N) is 2. The number of methoxy groups -OCH3 is 2. The molecule has 1 amide bonds. The van der Waals surface area contributed by atoms with Gasteiger partial charge in [-0.15, -0.1) is 0 Å². The minimum absolute atomic E-state index is 0.0442. The van der Waals surface area contributed by atoms with Crippen LogP contribution in [0, 0.1) is 5.92 Å². The van der Waals surface area contributed by atoms with Crippen LogP contribution in [0.4, 0.5) is 0 Å². The van der Waals surface area contributed by atoms with E-state index in [-0.39, 0.29) is 11.8 Å². The van der Waals surface area contributed by atoms with Gasteiger partial charge in [0, 0.05) is 42.0 Å². The van der Waals surface area contributed by atoms with Gasteiger partial charge in [0.15, 0.2) is 0 Å². The maximum atomic E-state index is 12.8. The molecular weight excluding hydrogens is 364 g/mol. The molecule has 1 unspecified atom stereocenters. The zero-order valence-corrected chi connectivity index (χ0v) is 17.6. The number of hydrogen-bond acceptors (Lipinski definition) is 3. The van der Waals surface area contributed by atoms with Gasteiger partial charge in [-0.25, -0.2) is 0 Å². The highest BCUT2D eigenvalue weighted by Gasteiger charge is 2.23. The minimum atomic E-state index is -0.116. The number of hydrogen-bond donors (Lipinski definition) is 2. The van der Waals surface area contributed by atoms with Crippen LogP contribution in [0.1, 0.15) is 43.7 Å². The van der Waals surface area contributed by atoms with Crippen LogP contribution in [0.3, 0.4) is 0 Å². The van der Waals surface area contributed by atoms with E-state index in [0.29, 0.717) is 30.4 Å². The fourth-order valence-corrected chi connectivity index (χ4v) is 3.58. The van der Waals surface area contributed by atoms with E-state index in [1.165, 1.54) is 0 Å². The topological polar surface area (TPSA) is 63.4 Å². The van der Waals surface area contributed by atoms with Crippen molar-refractivity contribution in [2.75, 3.05) is 20.8 Å². The molecule has 0 saturated heterocycles. The quantitative estimate of drug-likeness (QED) is 0.544. The van der Waals surface area contributed by atoms with Gasteiger partial charge in [-0.3, -0.25) is 4.79 Å². The third-order valence-electron chi connectivity index (χ3n) is 5.21. The van der Waals surface area contributed by atoms with Crippen molar-refractivity contribution >= 4 is 16.8 Å². The van der Waals surface area contributed by atoms with E-state index in [9.17, 15) is 4.79 Å². The lowest BCUT2D eigenvalue weighted by molar-refractivity contribution is -0.121. The molecule has 0 aliphatic heterocycles. The van der Waals surface area contributed by atoms with Gasteiger partial charge in [-0.05, 0) is 41.7 Å². The Morgan fingerprint density at radius 2 is 1.76 bits per heavy atom. The number of fused-ring (bicyclic) bond motifs is 1. The first-order valence-electron chi connectivity index (χ1n) is 10.1. The number of rotatable bonds is 9. The van der Waals surface area contributed by atoms with E-state index >= 15 is 0 Å². The van der Waals surface area contributed by atoms with Gasteiger partial charge >= 0.3 is 0 Å². The monoisotopic (exact) mass is 394 g/mol. The highest BCUT2D eigenvalue weighted by molar-refractivity contribution is 5.86. The van der Waals surface area contributed by atoms with Crippen molar-refractivity contribution in [2.45, 2.75) is 32.6 Å². The summed E-state index contributed by atoms with van der Waals surface area (Å²) in [6.45, 7) is 5.01. The van der Waals surface area contributed by atoms with Crippen molar-refractivity contribution in [3.05, 3.63) is 59.8 Å². The third-order valence-corrected chi connectivity index (χ3v) is 5.21. The molecule has 0 fully saturated rings. The molecule has 2 N–H and O–H groups in total. The van der Waals surface area contributed by atoms with Crippen LogP contribution in [0.5, 0.6) is 11.5 Å². The van der Waals surface area contributed by atoms with Gasteiger partial charge in [-0.1, -0.05) is 32.0 Å². The SMILES string of the molecule is COc1cc(OC)cc(C(CC(=O)NCCC(C)C)c2c[nH]c3ccccc23)c1. The summed E-state index contributed by atoms with van der Waals surface area (Å²) in [5, 5.41) is 4.19. The zero-order valence-electron chi connectivity index (χ0n) is 17.6. The number of aromatic nitrogens is 1. The Morgan fingerprint density at radius 1 is 1.07 bits per heavy atom. The van der Waals surface area contributed by atoms with Gasteiger partial charge in [0.25, 0.3) is 0 Å². The summed E-state index contributed by atoms with van der Waals surface area (Å²) < 4.78 is 10.9. The maximum absolute atomic E-state index is 12.8. The molecule has 3 aromatic rings. The molecule has 1 atom stereocenters. The summed E-state index contributed by atoms with van der Waals surface area (Å²) in [5.41, 5.74) is 3.14. The molecule has 0 radical (unpaired) electrons. The molecule has 5 heteroatoms. The van der Waals surface area contributed by atoms with Crippen molar-refractivity contribution in [3.8, 4) is 11.5 Å². The lowest BCUT2D eigenvalue weighted by atomic mass is 9.87. The van der Waals surface area contributed by atoms with Gasteiger partial charge in [0.05, 0.1) is 14.2 Å². The molecule has 29 heavy (non-hydrogen) atoms. The van der Waals surface area contributed by atoms with Gasteiger partial charge in [0.1, 0.15) is 11.5 Å². The van der Waals surface area contributed by atoms with Crippen LogP contribution in [0.15, 0.2) is 48.7 Å². The van der Waals surface area contributed by atoms with Crippen molar-refractivity contribution in [2.24, 2.45) is 5.92 Å². The minimum Gasteiger partial charge on any atom is -0.497 e. The molecule has 0 saturated carbocycles. The Kier molecular flexibility index (Phi) is 6.81. The number of aromatic amines is 1. The largest absolute Gasteiger partial charge is 0.497 e. The van der Waals surface area contributed by atoms with E-state index in [1.807, 2.05) is 42.6 Å². The molecule has 0 aliphatic carbocycles. The average Bonchev–Trinajstić information content (AvgIpc) is 3.15. The third kappa shape index (κ3) is 5.11. The van der Waals surface area contributed by atoms with E-state index < -0.39 is 0 Å². The van der Waals surface area contributed by atoms with Crippen molar-refractivity contribution in [1.82, 2.24) is 10.3 Å². The summed E-state index contributed by atoms with van der Waals surface area (Å²) in [4.78, 5) is 16.1. The molecule has 0 aliphatic rings. The van der Waals surface area contributed by atoms with Crippen LogP contribution >= 0.6 is 0 Å². The summed E-state index contributed by atoms with van der Waals surface area (Å²) in [5.74, 6) is 1.91. The molecule has 3 rings (SSSR count). The number of carbonyl (C=O) groups excluding carboxylic acids is 1. The number of benzene rings is 2. The molecule has 0 bridgehead atoms. The first kappa shape index (κ1) is 20.8. The summed E-state index contributed by atoms with van der Waals surface area (Å²) >= 11 is 0. The molecule has 2 aromatic carbocycles. The number of amides is 1. The predicted molar refractivity (Wildman–Crippen MR) is 117 cm³/mol.